The number of aromatic nitrogens is 8. The maximum atomic E-state index is 6.52. The van der Waals surface area contributed by atoms with E-state index in [1.165, 1.54) is 18.7 Å². The van der Waals surface area contributed by atoms with E-state index in [2.05, 4.69) is 38.7 Å². The number of benzene rings is 4. The van der Waals surface area contributed by atoms with Crippen LogP contribution in [-0.4, -0.2) is 40.5 Å². The smallest absolute Gasteiger partial charge is 0.286 e. The van der Waals surface area contributed by atoms with Gasteiger partial charge in [0.1, 0.15) is 28.7 Å². The maximum absolute atomic E-state index is 6.52. The number of fused-ring (bicyclic) bond motifs is 7. The molecular formula is C33H16N8O4. The molecule has 0 amide bonds. The molecule has 0 saturated heterocycles. The van der Waals surface area contributed by atoms with Crippen molar-refractivity contribution in [2.24, 2.45) is 0 Å². The van der Waals surface area contributed by atoms with Crippen molar-refractivity contribution in [2.45, 2.75) is 0 Å². The zero-order valence-corrected chi connectivity index (χ0v) is 22.9. The summed E-state index contributed by atoms with van der Waals surface area (Å²) in [5, 5.41) is 20.9. The fraction of sp³-hybridized carbons (Fsp3) is 0. The van der Waals surface area contributed by atoms with Crippen molar-refractivity contribution in [3.8, 4) is 45.9 Å². The molecule has 0 saturated carbocycles. The molecular weight excluding hydrogens is 572 g/mol. The van der Waals surface area contributed by atoms with E-state index < -0.39 is 0 Å². The lowest BCUT2D eigenvalue weighted by Crippen LogP contribution is -1.97. The van der Waals surface area contributed by atoms with Crippen LogP contribution in [0.5, 0.6) is 0 Å². The van der Waals surface area contributed by atoms with E-state index in [1.807, 2.05) is 54.6 Å². The molecule has 212 valence electrons. The molecule has 10 rings (SSSR count). The van der Waals surface area contributed by atoms with Gasteiger partial charge in [-0.2, -0.15) is 5.10 Å². The van der Waals surface area contributed by atoms with E-state index in [9.17, 15) is 0 Å². The fourth-order valence-electron chi connectivity index (χ4n) is 6.00. The predicted molar refractivity (Wildman–Crippen MR) is 164 cm³/mol. The summed E-state index contributed by atoms with van der Waals surface area (Å²) in [4.78, 5) is 19.0. The molecule has 1 N–H and O–H groups in total. The molecule has 12 nitrogen and oxygen atoms in total. The Morgan fingerprint density at radius 1 is 0.667 bits per heavy atom. The highest BCUT2D eigenvalue weighted by Gasteiger charge is 2.31. The SMILES string of the molecule is c1ccc2c(c1)ccc1oc(-c3c(-c4n[nH]c5ccc6ccccc6c45)c(-c4conn4)nc4oc(-c5ncco5)nc34)nc12. The Morgan fingerprint density at radius 2 is 1.49 bits per heavy atom. The van der Waals surface area contributed by atoms with Gasteiger partial charge in [-0.15, -0.1) is 5.10 Å². The summed E-state index contributed by atoms with van der Waals surface area (Å²) in [7, 11) is 0. The lowest BCUT2D eigenvalue weighted by atomic mass is 9.95. The lowest BCUT2D eigenvalue weighted by molar-refractivity contribution is 0.393. The molecule has 0 aliphatic rings. The van der Waals surface area contributed by atoms with Gasteiger partial charge in [-0.05, 0) is 28.3 Å². The molecule has 0 radical (unpaired) electrons. The van der Waals surface area contributed by atoms with Crippen molar-refractivity contribution in [3.63, 3.8) is 0 Å². The van der Waals surface area contributed by atoms with Crippen LogP contribution >= 0.6 is 0 Å². The van der Waals surface area contributed by atoms with Gasteiger partial charge in [-0.1, -0.05) is 60.7 Å². The monoisotopic (exact) mass is 588 g/mol. The number of aromatic amines is 1. The molecule has 10 aromatic rings. The average molecular weight is 589 g/mol. The molecule has 0 spiro atoms. The first-order valence-electron chi connectivity index (χ1n) is 14.0. The maximum Gasteiger partial charge on any atom is 0.286 e. The van der Waals surface area contributed by atoms with Gasteiger partial charge in [0, 0.05) is 21.6 Å². The summed E-state index contributed by atoms with van der Waals surface area (Å²) in [5.41, 5.74) is 5.13. The summed E-state index contributed by atoms with van der Waals surface area (Å²) in [6, 6.07) is 24.1. The van der Waals surface area contributed by atoms with Crippen LogP contribution in [0, 0.1) is 0 Å². The summed E-state index contributed by atoms with van der Waals surface area (Å²) in [5.74, 6) is 0.638. The Morgan fingerprint density at radius 3 is 2.33 bits per heavy atom. The topological polar surface area (TPSA) is 159 Å². The third kappa shape index (κ3) is 3.44. The van der Waals surface area contributed by atoms with Gasteiger partial charge in [0.25, 0.3) is 11.8 Å². The molecule has 0 bridgehead atoms. The van der Waals surface area contributed by atoms with E-state index in [1.54, 1.807) is 0 Å². The number of nitrogens with one attached hydrogen (secondary N) is 1. The van der Waals surface area contributed by atoms with Crippen LogP contribution in [0.25, 0.3) is 101 Å². The van der Waals surface area contributed by atoms with Crippen LogP contribution in [0.4, 0.5) is 0 Å². The Balaban J connectivity index is 1.39. The normalized spacial score (nSPS) is 12.0. The van der Waals surface area contributed by atoms with Gasteiger partial charge in [0.2, 0.25) is 11.6 Å². The summed E-state index contributed by atoms with van der Waals surface area (Å²) in [6.07, 6.45) is 4.38. The molecule has 0 fully saturated rings. The van der Waals surface area contributed by atoms with E-state index in [4.69, 9.17) is 37.8 Å². The summed E-state index contributed by atoms with van der Waals surface area (Å²) >= 11 is 0. The minimum absolute atomic E-state index is 0.143. The van der Waals surface area contributed by atoms with Crippen LogP contribution in [0.1, 0.15) is 0 Å². The molecule has 12 heteroatoms. The second-order valence-electron chi connectivity index (χ2n) is 10.4. The first-order valence-corrected chi connectivity index (χ1v) is 14.0. The fourth-order valence-corrected chi connectivity index (χ4v) is 6.00. The molecule has 45 heavy (non-hydrogen) atoms. The van der Waals surface area contributed by atoms with Gasteiger partial charge < -0.3 is 17.8 Å². The van der Waals surface area contributed by atoms with Gasteiger partial charge in [-0.3, -0.25) is 5.10 Å². The van der Waals surface area contributed by atoms with Crippen LogP contribution in [0.2, 0.25) is 0 Å². The minimum Gasteiger partial charge on any atom is -0.441 e. The summed E-state index contributed by atoms with van der Waals surface area (Å²) < 4.78 is 23.3. The number of H-pyrrole nitrogens is 1. The van der Waals surface area contributed by atoms with Crippen LogP contribution in [0.15, 0.2) is 109 Å². The van der Waals surface area contributed by atoms with Crippen molar-refractivity contribution in [3.05, 3.63) is 91.5 Å². The molecule has 0 unspecified atom stereocenters. The Bertz CT molecular complexity index is 2720. The highest BCUT2D eigenvalue weighted by atomic mass is 16.5. The Hall–Kier alpha value is -6.69. The largest absolute Gasteiger partial charge is 0.441 e. The van der Waals surface area contributed by atoms with E-state index >= 15 is 0 Å². The molecule has 6 aromatic heterocycles. The predicted octanol–water partition coefficient (Wildman–Crippen LogP) is 7.59. The molecule has 6 heterocycles. The van der Waals surface area contributed by atoms with Crippen molar-refractivity contribution in [1.82, 2.24) is 40.5 Å². The number of hydrogen-bond donors (Lipinski definition) is 1. The van der Waals surface area contributed by atoms with Gasteiger partial charge in [-0.25, -0.2) is 19.9 Å². The highest BCUT2D eigenvalue weighted by molar-refractivity contribution is 6.16. The van der Waals surface area contributed by atoms with Crippen LogP contribution in [-0.2, 0) is 0 Å². The number of oxazole rings is 3. The molecule has 4 aromatic carbocycles. The van der Waals surface area contributed by atoms with Gasteiger partial charge in [0.15, 0.2) is 17.5 Å². The van der Waals surface area contributed by atoms with Crippen molar-refractivity contribution >= 4 is 54.8 Å². The number of rotatable bonds is 4. The molecule has 0 aliphatic heterocycles. The highest BCUT2D eigenvalue weighted by Crippen LogP contribution is 2.46. The molecule has 0 atom stereocenters. The number of pyridine rings is 1. The Kier molecular flexibility index (Phi) is 4.72. The first kappa shape index (κ1) is 23.8. The van der Waals surface area contributed by atoms with E-state index in [0.717, 1.165) is 32.4 Å². The minimum atomic E-state index is 0.143. The second-order valence-corrected chi connectivity index (χ2v) is 10.4. The van der Waals surface area contributed by atoms with Crippen molar-refractivity contribution in [1.29, 1.82) is 0 Å². The van der Waals surface area contributed by atoms with Gasteiger partial charge in [0.05, 0.1) is 17.3 Å². The van der Waals surface area contributed by atoms with Crippen molar-refractivity contribution < 1.29 is 17.8 Å². The zero-order valence-electron chi connectivity index (χ0n) is 22.9. The number of hydrogen-bond acceptors (Lipinski definition) is 11. The molecule has 0 aliphatic carbocycles. The van der Waals surface area contributed by atoms with Crippen molar-refractivity contribution in [2.75, 3.05) is 0 Å². The van der Waals surface area contributed by atoms with Gasteiger partial charge >= 0.3 is 0 Å². The average Bonchev–Trinajstić information content (AvgIpc) is 3.92. The zero-order chi connectivity index (χ0) is 29.5. The lowest BCUT2D eigenvalue weighted by Gasteiger charge is -2.10. The first-order chi connectivity index (χ1) is 22.3. The van der Waals surface area contributed by atoms with Crippen LogP contribution in [0.3, 0.4) is 0 Å². The van der Waals surface area contributed by atoms with E-state index in [0.29, 0.717) is 50.7 Å². The van der Waals surface area contributed by atoms with Crippen LogP contribution < -0.4 is 0 Å². The van der Waals surface area contributed by atoms with E-state index in [-0.39, 0.29) is 17.5 Å². The third-order valence-corrected chi connectivity index (χ3v) is 7.95. The summed E-state index contributed by atoms with van der Waals surface area (Å²) in [6.45, 7) is 0. The quantitative estimate of drug-likeness (QED) is 0.216. The number of nitrogens with zero attached hydrogens (tertiary/aromatic N) is 7. The Labute approximate surface area is 250 Å². The standard InChI is InChI=1S/C33H16N8O4/c1-3-7-18-16(5-1)9-11-20-23(18)28(40-38-20)24-25(30-35-26-19-8-4-2-6-17(19)10-12-22(26)44-30)29-31(36-27(24)21-15-43-41-39-21)45-33(37-29)32-34-13-14-42-32/h1-15H,(H,38,40). The third-order valence-electron chi connectivity index (χ3n) is 7.95. The second kappa shape index (κ2) is 8.91.